The Hall–Kier alpha value is -2.89. The minimum absolute atomic E-state index is 0.0885. The molecule has 2 heterocycles. The maximum atomic E-state index is 14.7. The molecule has 1 aliphatic rings. The zero-order valence-corrected chi connectivity index (χ0v) is 16.7. The molecule has 1 aromatic heterocycles. The van der Waals surface area contributed by atoms with Crippen LogP contribution in [-0.2, 0) is 9.26 Å². The van der Waals surface area contributed by atoms with Crippen molar-refractivity contribution in [2.45, 2.75) is 6.10 Å². The normalized spacial score (nSPS) is 16.9. The van der Waals surface area contributed by atoms with E-state index in [1.807, 2.05) is 0 Å². The van der Waals surface area contributed by atoms with E-state index in [2.05, 4.69) is 14.6 Å². The summed E-state index contributed by atoms with van der Waals surface area (Å²) in [5.74, 6) is 4.96. The molecule has 11 nitrogen and oxygen atoms in total. The largest absolute Gasteiger partial charge is 0.441 e. The Kier molecular flexibility index (Phi) is 6.75. The number of nitrogens with zero attached hydrogens (tertiary/aromatic N) is 4. The highest BCUT2D eigenvalue weighted by molar-refractivity contribution is 7.39. The summed E-state index contributed by atoms with van der Waals surface area (Å²) in [6.07, 6.45) is 0.0776. The van der Waals surface area contributed by atoms with Gasteiger partial charge >= 0.3 is 14.7 Å². The highest BCUT2D eigenvalue weighted by Gasteiger charge is 2.33. The molecule has 1 aliphatic heterocycles. The minimum atomic E-state index is -2.55. The van der Waals surface area contributed by atoms with Gasteiger partial charge in [0.25, 0.3) is 0 Å². The predicted octanol–water partition coefficient (Wildman–Crippen LogP) is 0.867. The molecule has 1 unspecified atom stereocenters. The number of anilines is 1. The standard InChI is InChI=1S/C17H20FN6O5P/c1-23(20)22-16(19)15-5-2-10(7-21-15)13-4-3-11(6-14(13)18)24-8-12(29-17(24)25)9-28-30(26)27/h2-7,12,26-27H,8-9,20H2,1H3,(H2,19,22). The molecule has 2 aromatic rings. The van der Waals surface area contributed by atoms with Gasteiger partial charge in [0, 0.05) is 24.4 Å². The van der Waals surface area contributed by atoms with Crippen LogP contribution in [0.15, 0.2) is 41.6 Å². The molecule has 0 saturated carbocycles. The van der Waals surface area contributed by atoms with E-state index in [1.165, 1.54) is 30.3 Å². The molecule has 1 atom stereocenters. The van der Waals surface area contributed by atoms with Gasteiger partial charge in [0.1, 0.15) is 17.6 Å². The highest BCUT2D eigenvalue weighted by atomic mass is 31.2. The number of amidine groups is 1. The van der Waals surface area contributed by atoms with Gasteiger partial charge < -0.3 is 24.8 Å². The highest BCUT2D eigenvalue weighted by Crippen LogP contribution is 2.30. The summed E-state index contributed by atoms with van der Waals surface area (Å²) in [7, 11) is -1.03. The fraction of sp³-hybridized carbons (Fsp3) is 0.235. The van der Waals surface area contributed by atoms with Crippen molar-refractivity contribution < 1.29 is 28.2 Å². The topological polar surface area (TPSA) is 160 Å². The van der Waals surface area contributed by atoms with Crippen LogP contribution in [-0.4, -0.2) is 58.1 Å². The molecule has 1 amide bonds. The van der Waals surface area contributed by atoms with Crippen LogP contribution >= 0.6 is 8.60 Å². The summed E-state index contributed by atoms with van der Waals surface area (Å²) in [6, 6.07) is 7.52. The lowest BCUT2D eigenvalue weighted by atomic mass is 10.1. The maximum absolute atomic E-state index is 14.7. The van der Waals surface area contributed by atoms with Crippen molar-refractivity contribution in [3.8, 4) is 11.1 Å². The summed E-state index contributed by atoms with van der Waals surface area (Å²) >= 11 is 0. The summed E-state index contributed by atoms with van der Waals surface area (Å²) in [5.41, 5.74) is 7.24. The molecule has 30 heavy (non-hydrogen) atoms. The second-order valence-corrected chi connectivity index (χ2v) is 7.08. The Balaban J connectivity index is 1.75. The van der Waals surface area contributed by atoms with Crippen molar-refractivity contribution in [2.24, 2.45) is 16.7 Å². The first-order valence-electron chi connectivity index (χ1n) is 8.62. The van der Waals surface area contributed by atoms with E-state index >= 15 is 0 Å². The van der Waals surface area contributed by atoms with Gasteiger partial charge in [0.15, 0.2) is 5.84 Å². The molecule has 6 N–H and O–H groups in total. The lowest BCUT2D eigenvalue weighted by Gasteiger charge is -2.14. The molecule has 3 rings (SSSR count). The summed E-state index contributed by atoms with van der Waals surface area (Å²) < 4.78 is 24.5. The summed E-state index contributed by atoms with van der Waals surface area (Å²) in [6.45, 7) is -0.0862. The summed E-state index contributed by atoms with van der Waals surface area (Å²) in [4.78, 5) is 35.0. The quantitative estimate of drug-likeness (QED) is 0.162. The van der Waals surface area contributed by atoms with Gasteiger partial charge in [-0.2, -0.15) is 0 Å². The third kappa shape index (κ3) is 5.17. The van der Waals surface area contributed by atoms with Crippen LogP contribution in [0, 0.1) is 5.82 Å². The predicted molar refractivity (Wildman–Crippen MR) is 107 cm³/mol. The monoisotopic (exact) mass is 438 g/mol. The van der Waals surface area contributed by atoms with Gasteiger partial charge in [-0.15, -0.1) is 5.10 Å². The molecular formula is C17H20FN6O5P. The average molecular weight is 438 g/mol. The molecule has 1 fully saturated rings. The number of hydrogen-bond acceptors (Lipinski definition) is 9. The molecule has 13 heteroatoms. The number of halogens is 1. The number of rotatable bonds is 7. The number of carbonyl (C=O) groups excluding carboxylic acids is 1. The third-order valence-electron chi connectivity index (χ3n) is 4.12. The molecule has 0 aliphatic carbocycles. The number of amides is 1. The van der Waals surface area contributed by atoms with E-state index in [-0.39, 0.29) is 24.6 Å². The van der Waals surface area contributed by atoms with Crippen LogP contribution in [0.1, 0.15) is 5.69 Å². The molecule has 160 valence electrons. The minimum Gasteiger partial charge on any atom is -0.441 e. The Morgan fingerprint density at radius 1 is 1.47 bits per heavy atom. The van der Waals surface area contributed by atoms with E-state index in [9.17, 15) is 9.18 Å². The Labute approximate surface area is 172 Å². The number of cyclic esters (lactones) is 1. The number of hydrogen-bond donors (Lipinski definition) is 4. The van der Waals surface area contributed by atoms with Crippen LogP contribution in [0.2, 0.25) is 0 Å². The van der Waals surface area contributed by atoms with Crippen molar-refractivity contribution in [2.75, 3.05) is 25.1 Å². The van der Waals surface area contributed by atoms with Crippen molar-refractivity contribution in [1.82, 2.24) is 10.1 Å². The molecule has 0 radical (unpaired) electrons. The van der Waals surface area contributed by atoms with Gasteiger partial charge in [-0.3, -0.25) is 9.88 Å². The zero-order valence-electron chi connectivity index (χ0n) is 15.8. The van der Waals surface area contributed by atoms with Crippen LogP contribution in [0.4, 0.5) is 14.9 Å². The van der Waals surface area contributed by atoms with Crippen molar-refractivity contribution in [3.63, 3.8) is 0 Å². The summed E-state index contributed by atoms with van der Waals surface area (Å²) in [5, 5.41) is 4.90. The first-order valence-corrected chi connectivity index (χ1v) is 9.79. The van der Waals surface area contributed by atoms with Gasteiger partial charge in [-0.25, -0.2) is 20.1 Å². The van der Waals surface area contributed by atoms with E-state index < -0.39 is 26.6 Å². The molecule has 0 spiro atoms. The smallest absolute Gasteiger partial charge is 0.414 e. The fourth-order valence-electron chi connectivity index (χ4n) is 2.80. The maximum Gasteiger partial charge on any atom is 0.414 e. The van der Waals surface area contributed by atoms with E-state index in [1.54, 1.807) is 18.2 Å². The first-order chi connectivity index (χ1) is 14.2. The van der Waals surface area contributed by atoms with Gasteiger partial charge in [0.05, 0.1) is 18.8 Å². The third-order valence-corrected chi connectivity index (χ3v) is 4.50. The first kappa shape index (κ1) is 21.8. The Morgan fingerprint density at radius 3 is 2.83 bits per heavy atom. The van der Waals surface area contributed by atoms with E-state index in [0.29, 0.717) is 16.9 Å². The number of pyridine rings is 1. The van der Waals surface area contributed by atoms with Crippen LogP contribution < -0.4 is 16.5 Å². The van der Waals surface area contributed by atoms with Crippen molar-refractivity contribution in [3.05, 3.63) is 48.0 Å². The van der Waals surface area contributed by atoms with Gasteiger partial charge in [-0.1, -0.05) is 6.07 Å². The SMILES string of the molecule is CN(N)/N=C(\N)c1ccc(-c2ccc(N3CC(COP(O)O)OC3=O)cc2F)cn1. The zero-order chi connectivity index (χ0) is 21.8. The second kappa shape index (κ2) is 9.28. The number of nitrogens with two attached hydrogens (primary N) is 2. The molecular weight excluding hydrogens is 418 g/mol. The van der Waals surface area contributed by atoms with Gasteiger partial charge in [-0.05, 0) is 24.3 Å². The van der Waals surface area contributed by atoms with E-state index in [4.69, 9.17) is 26.1 Å². The molecule has 1 aromatic carbocycles. The number of aromatic nitrogens is 1. The molecule has 1 saturated heterocycles. The van der Waals surface area contributed by atoms with Crippen LogP contribution in [0.25, 0.3) is 11.1 Å². The molecule has 0 bridgehead atoms. The van der Waals surface area contributed by atoms with Crippen molar-refractivity contribution >= 4 is 26.2 Å². The Bertz CT molecular complexity index is 943. The lowest BCUT2D eigenvalue weighted by molar-refractivity contribution is 0.0987. The van der Waals surface area contributed by atoms with Crippen molar-refractivity contribution in [1.29, 1.82) is 0 Å². The average Bonchev–Trinajstić information content (AvgIpc) is 3.06. The second-order valence-electron chi connectivity index (χ2n) is 6.32. The van der Waals surface area contributed by atoms with Crippen LogP contribution in [0.3, 0.4) is 0 Å². The fourth-order valence-corrected chi connectivity index (χ4v) is 3.10. The van der Waals surface area contributed by atoms with Crippen LogP contribution in [0.5, 0.6) is 0 Å². The number of hydrazine groups is 1. The number of ether oxygens (including phenoxy) is 1. The van der Waals surface area contributed by atoms with E-state index in [0.717, 1.165) is 5.12 Å². The number of hydrazone groups is 1. The number of benzene rings is 1. The Morgan fingerprint density at radius 2 is 2.23 bits per heavy atom. The lowest BCUT2D eigenvalue weighted by Crippen LogP contribution is -2.26. The number of carbonyl (C=O) groups is 1. The van der Waals surface area contributed by atoms with Gasteiger partial charge in [0.2, 0.25) is 0 Å².